The van der Waals surface area contributed by atoms with Gasteiger partial charge in [0.15, 0.2) is 0 Å². The highest BCUT2D eigenvalue weighted by Crippen LogP contribution is 2.24. The molecule has 1 atom stereocenters. The maximum absolute atomic E-state index is 4.79. The van der Waals surface area contributed by atoms with Gasteiger partial charge in [0, 0.05) is 35.7 Å². The van der Waals surface area contributed by atoms with E-state index in [2.05, 4.69) is 48.6 Å². The van der Waals surface area contributed by atoms with Crippen molar-refractivity contribution in [2.75, 3.05) is 7.05 Å². The molecule has 0 aliphatic heterocycles. The lowest BCUT2D eigenvalue weighted by atomic mass is 9.93. The Morgan fingerprint density at radius 1 is 1.24 bits per heavy atom. The Morgan fingerprint density at radius 3 is 2.52 bits per heavy atom. The third kappa shape index (κ3) is 4.90. The van der Waals surface area contributed by atoms with Crippen molar-refractivity contribution in [2.45, 2.75) is 51.5 Å². The molecule has 0 saturated heterocycles. The number of aromatic nitrogens is 2. The van der Waals surface area contributed by atoms with Crippen molar-refractivity contribution in [3.05, 3.63) is 46.2 Å². The first kappa shape index (κ1) is 16.1. The lowest BCUT2D eigenvalue weighted by Crippen LogP contribution is -2.28. The van der Waals surface area contributed by atoms with E-state index in [0.717, 1.165) is 19.3 Å². The number of hydrogen-bond acceptors (Lipinski definition) is 4. The van der Waals surface area contributed by atoms with Crippen molar-refractivity contribution in [3.8, 4) is 0 Å². The van der Waals surface area contributed by atoms with Crippen molar-refractivity contribution in [1.82, 2.24) is 15.3 Å². The molecule has 114 valence electrons. The van der Waals surface area contributed by atoms with Gasteiger partial charge in [0.1, 0.15) is 0 Å². The standard InChI is InChI=1S/C17H25N3S/c1-17(2,3)15-12-21-16(20-15)11-14(18-4)6-5-13-7-9-19-10-8-13/h7-10,12,14,18H,5-6,11H2,1-4H3. The molecule has 0 amide bonds. The van der Waals surface area contributed by atoms with Gasteiger partial charge in [-0.1, -0.05) is 20.8 Å². The Balaban J connectivity index is 1.91. The summed E-state index contributed by atoms with van der Waals surface area (Å²) in [5.74, 6) is 0. The normalized spacial score (nSPS) is 13.3. The monoisotopic (exact) mass is 303 g/mol. The molecule has 0 aliphatic rings. The predicted octanol–water partition coefficient (Wildman–Crippen LogP) is 3.60. The van der Waals surface area contributed by atoms with Crippen molar-refractivity contribution in [2.24, 2.45) is 0 Å². The van der Waals surface area contributed by atoms with Crippen LogP contribution in [-0.2, 0) is 18.3 Å². The van der Waals surface area contributed by atoms with Crippen LogP contribution >= 0.6 is 11.3 Å². The number of rotatable bonds is 6. The van der Waals surface area contributed by atoms with Crippen LogP contribution in [0.5, 0.6) is 0 Å². The van der Waals surface area contributed by atoms with E-state index >= 15 is 0 Å². The maximum atomic E-state index is 4.79. The predicted molar refractivity (Wildman–Crippen MR) is 89.9 cm³/mol. The SMILES string of the molecule is CNC(CCc1ccncc1)Cc1nc(C(C)(C)C)cs1. The number of hydrogen-bond donors (Lipinski definition) is 1. The highest BCUT2D eigenvalue weighted by atomic mass is 32.1. The summed E-state index contributed by atoms with van der Waals surface area (Å²) in [6.45, 7) is 6.64. The number of aryl methyl sites for hydroxylation is 1. The number of pyridine rings is 1. The van der Waals surface area contributed by atoms with Gasteiger partial charge in [0.2, 0.25) is 0 Å². The molecule has 0 radical (unpaired) electrons. The number of thiazole rings is 1. The second-order valence-electron chi connectivity index (χ2n) is 6.46. The number of likely N-dealkylation sites (N-methyl/N-ethyl adjacent to an activating group) is 1. The lowest BCUT2D eigenvalue weighted by molar-refractivity contribution is 0.515. The molecule has 2 aromatic rings. The summed E-state index contributed by atoms with van der Waals surface area (Å²) in [4.78, 5) is 8.85. The summed E-state index contributed by atoms with van der Waals surface area (Å²) >= 11 is 1.78. The zero-order chi connectivity index (χ0) is 15.3. The summed E-state index contributed by atoms with van der Waals surface area (Å²) in [7, 11) is 2.04. The van der Waals surface area contributed by atoms with E-state index in [-0.39, 0.29) is 5.41 Å². The number of nitrogens with one attached hydrogen (secondary N) is 1. The molecule has 0 saturated carbocycles. The minimum Gasteiger partial charge on any atom is -0.317 e. The van der Waals surface area contributed by atoms with Crippen molar-refractivity contribution >= 4 is 11.3 Å². The molecule has 4 heteroatoms. The van der Waals surface area contributed by atoms with Crippen molar-refractivity contribution < 1.29 is 0 Å². The highest BCUT2D eigenvalue weighted by molar-refractivity contribution is 7.09. The quantitative estimate of drug-likeness (QED) is 0.886. The molecule has 0 spiro atoms. The summed E-state index contributed by atoms with van der Waals surface area (Å²) in [5.41, 5.74) is 2.69. The van der Waals surface area contributed by atoms with E-state index in [0.29, 0.717) is 6.04 Å². The Hall–Kier alpha value is -1.26. The minimum absolute atomic E-state index is 0.140. The zero-order valence-electron chi connectivity index (χ0n) is 13.4. The van der Waals surface area contributed by atoms with Gasteiger partial charge in [-0.25, -0.2) is 4.98 Å². The average molecular weight is 303 g/mol. The summed E-state index contributed by atoms with van der Waals surface area (Å²) in [6, 6.07) is 4.65. The fourth-order valence-electron chi connectivity index (χ4n) is 2.20. The van der Waals surface area contributed by atoms with Crippen molar-refractivity contribution in [3.63, 3.8) is 0 Å². The van der Waals surface area contributed by atoms with Crippen LogP contribution in [0.1, 0.15) is 43.5 Å². The fourth-order valence-corrected chi connectivity index (χ4v) is 3.30. The van der Waals surface area contributed by atoms with Gasteiger partial charge in [-0.15, -0.1) is 11.3 Å². The van der Waals surface area contributed by atoms with Gasteiger partial charge < -0.3 is 5.32 Å². The third-order valence-corrected chi connectivity index (χ3v) is 4.55. The van der Waals surface area contributed by atoms with E-state index in [1.165, 1.54) is 16.3 Å². The van der Waals surface area contributed by atoms with Crippen LogP contribution in [0, 0.1) is 0 Å². The molecule has 21 heavy (non-hydrogen) atoms. The molecule has 2 heterocycles. The summed E-state index contributed by atoms with van der Waals surface area (Å²) in [5, 5.41) is 6.85. The number of nitrogens with zero attached hydrogens (tertiary/aromatic N) is 2. The summed E-state index contributed by atoms with van der Waals surface area (Å²) < 4.78 is 0. The van der Waals surface area contributed by atoms with Crippen molar-refractivity contribution in [1.29, 1.82) is 0 Å². The van der Waals surface area contributed by atoms with Crippen LogP contribution in [0.3, 0.4) is 0 Å². The fraction of sp³-hybridized carbons (Fsp3) is 0.529. The highest BCUT2D eigenvalue weighted by Gasteiger charge is 2.18. The van der Waals surface area contributed by atoms with Crippen LogP contribution in [-0.4, -0.2) is 23.1 Å². The Bertz CT molecular complexity index is 543. The lowest BCUT2D eigenvalue weighted by Gasteiger charge is -2.16. The van der Waals surface area contributed by atoms with Crippen LogP contribution in [0.25, 0.3) is 0 Å². The molecule has 2 aromatic heterocycles. The van der Waals surface area contributed by atoms with E-state index < -0.39 is 0 Å². The Kier molecular flexibility index (Phi) is 5.48. The molecular formula is C17H25N3S. The Labute approximate surface area is 131 Å². The van der Waals surface area contributed by atoms with Crippen LogP contribution in [0.4, 0.5) is 0 Å². The topological polar surface area (TPSA) is 37.8 Å². The summed E-state index contributed by atoms with van der Waals surface area (Å²) in [6.07, 6.45) is 6.92. The molecule has 2 rings (SSSR count). The van der Waals surface area contributed by atoms with Gasteiger partial charge in [-0.05, 0) is 37.6 Å². The second-order valence-corrected chi connectivity index (χ2v) is 7.40. The molecule has 0 bridgehead atoms. The van der Waals surface area contributed by atoms with Gasteiger partial charge in [-0.3, -0.25) is 4.98 Å². The average Bonchev–Trinajstić information content (AvgIpc) is 2.93. The third-order valence-electron chi connectivity index (χ3n) is 3.68. The molecule has 0 aromatic carbocycles. The minimum atomic E-state index is 0.140. The van der Waals surface area contributed by atoms with Gasteiger partial charge in [0.05, 0.1) is 10.7 Å². The Morgan fingerprint density at radius 2 is 1.95 bits per heavy atom. The van der Waals surface area contributed by atoms with E-state index in [4.69, 9.17) is 4.98 Å². The first-order valence-corrected chi connectivity index (χ1v) is 8.38. The molecule has 0 aliphatic carbocycles. The van der Waals surface area contributed by atoms with Crippen LogP contribution in [0.15, 0.2) is 29.9 Å². The van der Waals surface area contributed by atoms with Gasteiger partial charge in [0.25, 0.3) is 0 Å². The molecule has 3 nitrogen and oxygen atoms in total. The first-order chi connectivity index (χ1) is 9.99. The first-order valence-electron chi connectivity index (χ1n) is 7.50. The van der Waals surface area contributed by atoms with Gasteiger partial charge in [-0.2, -0.15) is 0 Å². The van der Waals surface area contributed by atoms with Crippen LogP contribution in [0.2, 0.25) is 0 Å². The molecule has 1 N–H and O–H groups in total. The molecular weight excluding hydrogens is 278 g/mol. The largest absolute Gasteiger partial charge is 0.317 e. The van der Waals surface area contributed by atoms with E-state index in [1.807, 2.05) is 19.4 Å². The smallest absolute Gasteiger partial charge is 0.0944 e. The molecule has 1 unspecified atom stereocenters. The second kappa shape index (κ2) is 7.14. The van der Waals surface area contributed by atoms with Crippen LogP contribution < -0.4 is 5.32 Å². The molecule has 0 fully saturated rings. The maximum Gasteiger partial charge on any atom is 0.0944 e. The van der Waals surface area contributed by atoms with E-state index in [9.17, 15) is 0 Å². The van der Waals surface area contributed by atoms with E-state index in [1.54, 1.807) is 11.3 Å². The van der Waals surface area contributed by atoms with Gasteiger partial charge >= 0.3 is 0 Å². The zero-order valence-corrected chi connectivity index (χ0v) is 14.2.